The van der Waals surface area contributed by atoms with Crippen molar-refractivity contribution in [1.29, 1.82) is 0 Å². The van der Waals surface area contributed by atoms with E-state index in [1.807, 2.05) is 0 Å². The lowest BCUT2D eigenvalue weighted by molar-refractivity contribution is 0.199. The maximum absolute atomic E-state index is 10.5. The van der Waals surface area contributed by atoms with Crippen molar-refractivity contribution in [2.24, 2.45) is 0 Å². The minimum Gasteiger partial charge on any atom is -0.446 e. The molecular weight excluding hydrogens is 144 g/mol. The highest BCUT2D eigenvalue weighted by Crippen LogP contribution is 1.99. The van der Waals surface area contributed by atoms with Gasteiger partial charge in [0.25, 0.3) is 0 Å². The Labute approximate surface area is 64.2 Å². The van der Waals surface area contributed by atoms with Gasteiger partial charge in [0.15, 0.2) is 0 Å². The molecule has 1 N–H and O–H groups in total. The van der Waals surface area contributed by atoms with E-state index in [4.69, 9.17) is 0 Å². The van der Waals surface area contributed by atoms with Gasteiger partial charge in [-0.2, -0.15) is 0 Å². The highest BCUT2D eigenvalue weighted by Gasteiger charge is 1.98. The van der Waals surface area contributed by atoms with E-state index in [2.05, 4.69) is 22.1 Å². The molecule has 1 amide bonds. The number of amides is 1. The number of hydrogen-bond acceptors (Lipinski definition) is 3. The summed E-state index contributed by atoms with van der Waals surface area (Å²) in [6.45, 7) is 0. The number of carbonyl (C=O) groups excluding carboxylic acids is 1. The van der Waals surface area contributed by atoms with Crippen LogP contribution >= 0.6 is 0 Å². The fraction of sp³-hybridized carbons (Fsp3) is 0. The maximum atomic E-state index is 10.5. The summed E-state index contributed by atoms with van der Waals surface area (Å²) in [6, 6.07) is 5.16. The van der Waals surface area contributed by atoms with Crippen LogP contribution in [0.4, 0.5) is 10.6 Å². The minimum atomic E-state index is -0.622. The van der Waals surface area contributed by atoms with Crippen LogP contribution in [0.2, 0.25) is 0 Å². The van der Waals surface area contributed by atoms with Gasteiger partial charge < -0.3 is 4.74 Å². The van der Waals surface area contributed by atoms with Gasteiger partial charge >= 0.3 is 6.09 Å². The fourth-order valence-electron chi connectivity index (χ4n) is 0.577. The van der Waals surface area contributed by atoms with Crippen LogP contribution in [0.25, 0.3) is 0 Å². The number of pyridine rings is 1. The summed E-state index contributed by atoms with van der Waals surface area (Å²) < 4.78 is 4.11. The molecule has 1 aromatic rings. The van der Waals surface area contributed by atoms with Gasteiger partial charge in [0.2, 0.25) is 0 Å². The second kappa shape index (κ2) is 3.55. The quantitative estimate of drug-likeness (QED) is 0.660. The summed E-state index contributed by atoms with van der Waals surface area (Å²) in [5.74, 6) is 0.446. The van der Waals surface area contributed by atoms with E-state index in [0.717, 1.165) is 0 Å². The van der Waals surface area contributed by atoms with Crippen molar-refractivity contribution in [3.8, 4) is 0 Å². The first-order valence-corrected chi connectivity index (χ1v) is 2.97. The number of hydrogen-bond donors (Lipinski definition) is 1. The Kier molecular flexibility index (Phi) is 2.43. The molecule has 0 saturated heterocycles. The van der Waals surface area contributed by atoms with Crippen LogP contribution in [0.5, 0.6) is 0 Å². The van der Waals surface area contributed by atoms with Crippen LogP contribution in [-0.4, -0.2) is 11.1 Å². The monoisotopic (exact) mass is 151 g/mol. The zero-order valence-electron chi connectivity index (χ0n) is 5.78. The van der Waals surface area contributed by atoms with E-state index in [0.29, 0.717) is 5.82 Å². The number of aromatic nitrogens is 1. The van der Waals surface area contributed by atoms with Gasteiger partial charge in [-0.05, 0) is 12.1 Å². The van der Waals surface area contributed by atoms with Gasteiger partial charge in [-0.3, -0.25) is 5.32 Å². The van der Waals surface area contributed by atoms with Crippen molar-refractivity contribution >= 4 is 11.9 Å². The summed E-state index contributed by atoms with van der Waals surface area (Å²) in [5.41, 5.74) is 0. The molecule has 0 bridgehead atoms. The van der Waals surface area contributed by atoms with Crippen molar-refractivity contribution in [2.45, 2.75) is 0 Å². The summed E-state index contributed by atoms with van der Waals surface area (Å²) >= 11 is 0. The molecule has 4 heteroatoms. The molecule has 0 atom stereocenters. The first kappa shape index (κ1) is 7.53. The molecule has 0 spiro atoms. The molecule has 4 nitrogen and oxygen atoms in total. The molecular formula is C7H7N2O2. The Morgan fingerprint density at radius 2 is 2.45 bits per heavy atom. The molecule has 1 aromatic heterocycles. The summed E-state index contributed by atoms with van der Waals surface area (Å²) in [4.78, 5) is 14.4. The molecule has 0 saturated carbocycles. The normalized spacial score (nSPS) is 8.82. The van der Waals surface area contributed by atoms with Crippen molar-refractivity contribution in [3.05, 3.63) is 31.5 Å². The largest absolute Gasteiger partial charge is 0.446 e. The van der Waals surface area contributed by atoms with Crippen molar-refractivity contribution in [1.82, 2.24) is 4.98 Å². The van der Waals surface area contributed by atoms with Gasteiger partial charge in [-0.1, -0.05) is 6.07 Å². The Morgan fingerprint density at radius 3 is 3.00 bits per heavy atom. The zero-order chi connectivity index (χ0) is 8.10. The topological polar surface area (TPSA) is 51.2 Å². The van der Waals surface area contributed by atoms with Crippen molar-refractivity contribution in [2.75, 3.05) is 5.32 Å². The van der Waals surface area contributed by atoms with Crippen LogP contribution in [0.1, 0.15) is 0 Å². The second-order valence-corrected chi connectivity index (χ2v) is 1.77. The number of anilines is 1. The Morgan fingerprint density at radius 1 is 1.64 bits per heavy atom. The maximum Gasteiger partial charge on any atom is 0.412 e. The van der Waals surface area contributed by atoms with E-state index in [1.165, 1.54) is 0 Å². The molecule has 1 rings (SSSR count). The molecule has 0 fully saturated rings. The fourth-order valence-corrected chi connectivity index (χ4v) is 0.577. The van der Waals surface area contributed by atoms with Crippen LogP contribution < -0.4 is 5.32 Å². The number of ether oxygens (including phenoxy) is 1. The molecule has 0 aromatic carbocycles. The lowest BCUT2D eigenvalue weighted by Gasteiger charge is -1.99. The van der Waals surface area contributed by atoms with E-state index in [-0.39, 0.29) is 0 Å². The smallest absolute Gasteiger partial charge is 0.412 e. The van der Waals surface area contributed by atoms with Crippen LogP contribution in [0.15, 0.2) is 24.4 Å². The van der Waals surface area contributed by atoms with Gasteiger partial charge in [0.1, 0.15) is 12.9 Å². The predicted molar refractivity (Wildman–Crippen MR) is 39.7 cm³/mol. The third kappa shape index (κ3) is 2.25. The number of nitrogens with one attached hydrogen (secondary N) is 1. The summed E-state index contributed by atoms with van der Waals surface area (Å²) in [6.07, 6.45) is 0.947. The van der Waals surface area contributed by atoms with E-state index < -0.39 is 6.09 Å². The summed E-state index contributed by atoms with van der Waals surface area (Å²) in [5, 5.41) is 2.36. The zero-order valence-corrected chi connectivity index (χ0v) is 5.78. The van der Waals surface area contributed by atoms with Crippen LogP contribution in [0.3, 0.4) is 0 Å². The van der Waals surface area contributed by atoms with E-state index in [9.17, 15) is 4.79 Å². The second-order valence-electron chi connectivity index (χ2n) is 1.77. The van der Waals surface area contributed by atoms with Crippen molar-refractivity contribution < 1.29 is 9.53 Å². The molecule has 0 unspecified atom stereocenters. The number of carbonyl (C=O) groups is 1. The van der Waals surface area contributed by atoms with Crippen LogP contribution in [-0.2, 0) is 4.74 Å². The summed E-state index contributed by atoms with van der Waals surface area (Å²) in [7, 11) is 2.94. The molecule has 0 aliphatic carbocycles. The van der Waals surface area contributed by atoms with Crippen LogP contribution in [0, 0.1) is 7.11 Å². The van der Waals surface area contributed by atoms with E-state index in [1.54, 1.807) is 24.4 Å². The molecule has 1 radical (unpaired) electrons. The Hall–Kier alpha value is -1.58. The minimum absolute atomic E-state index is 0.446. The lowest BCUT2D eigenvalue weighted by atomic mass is 10.5. The lowest BCUT2D eigenvalue weighted by Crippen LogP contribution is -2.10. The SMILES string of the molecule is [CH2]OC(=O)Nc1ccccn1. The predicted octanol–water partition coefficient (Wildman–Crippen LogP) is 1.42. The third-order valence-electron chi connectivity index (χ3n) is 1.03. The molecule has 0 aliphatic heterocycles. The Balaban J connectivity index is 2.58. The highest BCUT2D eigenvalue weighted by molar-refractivity contribution is 5.83. The van der Waals surface area contributed by atoms with Gasteiger partial charge in [-0.25, -0.2) is 9.78 Å². The average molecular weight is 151 g/mol. The van der Waals surface area contributed by atoms with Crippen molar-refractivity contribution in [3.63, 3.8) is 0 Å². The Bertz CT molecular complexity index is 235. The molecule has 57 valence electrons. The van der Waals surface area contributed by atoms with Gasteiger partial charge in [-0.15, -0.1) is 0 Å². The molecule has 1 heterocycles. The first-order chi connectivity index (χ1) is 5.33. The average Bonchev–Trinajstić information content (AvgIpc) is 2.06. The first-order valence-electron chi connectivity index (χ1n) is 2.97. The standard InChI is InChI=1S/C7H7N2O2/c1-11-7(10)9-6-4-2-3-5-8-6/h2-5H,1H2,(H,8,9,10). The molecule has 11 heavy (non-hydrogen) atoms. The van der Waals surface area contributed by atoms with Gasteiger partial charge in [0.05, 0.1) is 0 Å². The number of rotatable bonds is 1. The number of nitrogens with zero attached hydrogens (tertiary/aromatic N) is 1. The van der Waals surface area contributed by atoms with E-state index >= 15 is 0 Å². The third-order valence-corrected chi connectivity index (χ3v) is 1.03. The van der Waals surface area contributed by atoms with Gasteiger partial charge in [0, 0.05) is 6.20 Å². The highest BCUT2D eigenvalue weighted by atomic mass is 16.5. The molecule has 0 aliphatic rings.